The number of hydrogen-bond donors (Lipinski definition) is 1. The number of nitrogens with zero attached hydrogens (tertiary/aromatic N) is 1. The number of rotatable bonds is 1. The molecule has 1 amide bonds. The highest BCUT2D eigenvalue weighted by atomic mass is 16.5. The Morgan fingerprint density at radius 1 is 1.64 bits per heavy atom. The second kappa shape index (κ2) is 3.51. The normalized spacial score (nSPS) is 37.9. The van der Waals surface area contributed by atoms with E-state index in [0.29, 0.717) is 26.1 Å². The molecule has 0 spiro atoms. The van der Waals surface area contributed by atoms with Crippen molar-refractivity contribution in [1.82, 2.24) is 4.90 Å². The van der Waals surface area contributed by atoms with Crippen molar-refractivity contribution >= 4 is 5.91 Å². The van der Waals surface area contributed by atoms with E-state index in [1.807, 2.05) is 0 Å². The largest absolute Gasteiger partial charge is 0.388 e. The second-order valence-electron chi connectivity index (χ2n) is 4.51. The van der Waals surface area contributed by atoms with Crippen LogP contribution in [0.2, 0.25) is 0 Å². The van der Waals surface area contributed by atoms with Crippen LogP contribution in [-0.4, -0.2) is 47.3 Å². The number of carbonyl (C=O) groups is 1. The van der Waals surface area contributed by atoms with Gasteiger partial charge in [0.2, 0.25) is 0 Å². The van der Waals surface area contributed by atoms with Crippen molar-refractivity contribution in [3.63, 3.8) is 0 Å². The molecule has 2 aliphatic rings. The molecule has 1 unspecified atom stereocenters. The molecule has 0 bridgehead atoms. The fourth-order valence-corrected chi connectivity index (χ4v) is 2.11. The van der Waals surface area contributed by atoms with Gasteiger partial charge >= 0.3 is 0 Å². The zero-order valence-corrected chi connectivity index (χ0v) is 8.53. The van der Waals surface area contributed by atoms with Crippen molar-refractivity contribution in [2.75, 3.05) is 19.7 Å². The van der Waals surface area contributed by atoms with Crippen LogP contribution in [0, 0.1) is 0 Å². The van der Waals surface area contributed by atoms with Gasteiger partial charge in [-0.15, -0.1) is 0 Å². The molecule has 2 fully saturated rings. The van der Waals surface area contributed by atoms with Crippen LogP contribution in [0.15, 0.2) is 0 Å². The smallest absolute Gasteiger partial charge is 0.251 e. The molecule has 2 saturated heterocycles. The van der Waals surface area contributed by atoms with Crippen molar-refractivity contribution in [3.8, 4) is 0 Å². The molecule has 0 saturated carbocycles. The Morgan fingerprint density at radius 2 is 2.43 bits per heavy atom. The van der Waals surface area contributed by atoms with E-state index in [-0.39, 0.29) is 12.0 Å². The van der Waals surface area contributed by atoms with Crippen molar-refractivity contribution in [2.45, 2.75) is 37.9 Å². The molecule has 2 aliphatic heterocycles. The number of ether oxygens (including phenoxy) is 1. The quantitative estimate of drug-likeness (QED) is 0.654. The minimum absolute atomic E-state index is 0.0558. The van der Waals surface area contributed by atoms with Crippen molar-refractivity contribution in [2.24, 2.45) is 0 Å². The maximum atomic E-state index is 11.8. The monoisotopic (exact) mass is 199 g/mol. The van der Waals surface area contributed by atoms with Gasteiger partial charge in [-0.1, -0.05) is 0 Å². The maximum absolute atomic E-state index is 11.8. The van der Waals surface area contributed by atoms with Crippen LogP contribution in [0.3, 0.4) is 0 Å². The molecule has 2 heterocycles. The molecular formula is C10H17NO3. The molecule has 0 aliphatic carbocycles. The highest BCUT2D eigenvalue weighted by Gasteiger charge is 2.37. The van der Waals surface area contributed by atoms with Crippen molar-refractivity contribution in [1.29, 1.82) is 0 Å². The lowest BCUT2D eigenvalue weighted by atomic mass is 10.1. The summed E-state index contributed by atoms with van der Waals surface area (Å²) in [4.78, 5) is 13.5. The van der Waals surface area contributed by atoms with Crippen LogP contribution < -0.4 is 0 Å². The van der Waals surface area contributed by atoms with E-state index in [9.17, 15) is 9.90 Å². The SMILES string of the molecule is CC1(O)CCN(C(=O)[C@@H]2CCCO2)C1. The van der Waals surface area contributed by atoms with Gasteiger partial charge in [0, 0.05) is 19.7 Å². The highest BCUT2D eigenvalue weighted by molar-refractivity contribution is 5.81. The zero-order valence-electron chi connectivity index (χ0n) is 8.53. The molecule has 0 aromatic heterocycles. The number of aliphatic hydroxyl groups is 1. The van der Waals surface area contributed by atoms with E-state index < -0.39 is 5.60 Å². The Morgan fingerprint density at radius 3 is 2.93 bits per heavy atom. The van der Waals surface area contributed by atoms with Gasteiger partial charge in [0.1, 0.15) is 6.10 Å². The zero-order chi connectivity index (χ0) is 10.2. The second-order valence-corrected chi connectivity index (χ2v) is 4.51. The average molecular weight is 199 g/mol. The summed E-state index contributed by atoms with van der Waals surface area (Å²) in [6.45, 7) is 3.58. The third-order valence-corrected chi connectivity index (χ3v) is 2.97. The molecule has 2 atom stereocenters. The van der Waals surface area contributed by atoms with Crippen LogP contribution in [0.25, 0.3) is 0 Å². The summed E-state index contributed by atoms with van der Waals surface area (Å²) in [6.07, 6.45) is 2.23. The molecule has 1 N–H and O–H groups in total. The molecule has 80 valence electrons. The third kappa shape index (κ3) is 1.91. The first-order chi connectivity index (χ1) is 6.58. The van der Waals surface area contributed by atoms with Gasteiger partial charge in [0.05, 0.1) is 5.60 Å². The standard InChI is InChI=1S/C10H17NO3/c1-10(13)4-5-11(7-10)9(12)8-3-2-6-14-8/h8,13H,2-7H2,1H3/t8-,10?/m0/s1. The fourth-order valence-electron chi connectivity index (χ4n) is 2.11. The molecule has 4 nitrogen and oxygen atoms in total. The molecule has 4 heteroatoms. The molecular weight excluding hydrogens is 182 g/mol. The molecule has 14 heavy (non-hydrogen) atoms. The van der Waals surface area contributed by atoms with Gasteiger partial charge in [-0.05, 0) is 26.2 Å². The van der Waals surface area contributed by atoms with E-state index >= 15 is 0 Å². The van der Waals surface area contributed by atoms with Crippen molar-refractivity contribution < 1.29 is 14.6 Å². The van der Waals surface area contributed by atoms with Crippen LogP contribution >= 0.6 is 0 Å². The number of likely N-dealkylation sites (tertiary alicyclic amines) is 1. The number of β-amino-alcohol motifs (C(OH)–C–C–N with tert-alkyl or cyclic N) is 1. The summed E-state index contributed by atoms with van der Waals surface area (Å²) in [5.74, 6) is 0.0558. The van der Waals surface area contributed by atoms with E-state index in [2.05, 4.69) is 0 Å². The Hall–Kier alpha value is -0.610. The predicted molar refractivity (Wildman–Crippen MR) is 50.8 cm³/mol. The first-order valence-electron chi connectivity index (χ1n) is 5.21. The first-order valence-corrected chi connectivity index (χ1v) is 5.21. The Balaban J connectivity index is 1.92. The molecule has 0 aromatic carbocycles. The molecule has 0 radical (unpaired) electrons. The van der Waals surface area contributed by atoms with Gasteiger partial charge in [-0.2, -0.15) is 0 Å². The molecule has 2 rings (SSSR count). The summed E-state index contributed by atoms with van der Waals surface area (Å²) < 4.78 is 5.32. The van der Waals surface area contributed by atoms with Gasteiger partial charge in [-0.3, -0.25) is 4.79 Å². The van der Waals surface area contributed by atoms with Gasteiger partial charge in [0.25, 0.3) is 5.91 Å². The fraction of sp³-hybridized carbons (Fsp3) is 0.900. The maximum Gasteiger partial charge on any atom is 0.251 e. The average Bonchev–Trinajstić information content (AvgIpc) is 2.72. The van der Waals surface area contributed by atoms with Crippen LogP contribution in [0.5, 0.6) is 0 Å². The summed E-state index contributed by atoms with van der Waals surface area (Å²) in [5, 5.41) is 9.72. The lowest BCUT2D eigenvalue weighted by Crippen LogP contribution is -2.39. The van der Waals surface area contributed by atoms with E-state index in [1.54, 1.807) is 11.8 Å². The van der Waals surface area contributed by atoms with E-state index in [4.69, 9.17) is 4.74 Å². The minimum Gasteiger partial charge on any atom is -0.388 e. The highest BCUT2D eigenvalue weighted by Crippen LogP contribution is 2.23. The Bertz CT molecular complexity index is 234. The number of carbonyl (C=O) groups excluding carboxylic acids is 1. The lowest BCUT2D eigenvalue weighted by Gasteiger charge is -2.21. The number of hydrogen-bond acceptors (Lipinski definition) is 3. The topological polar surface area (TPSA) is 49.8 Å². The van der Waals surface area contributed by atoms with Gasteiger partial charge < -0.3 is 14.7 Å². The minimum atomic E-state index is -0.700. The van der Waals surface area contributed by atoms with Crippen LogP contribution in [0.1, 0.15) is 26.2 Å². The summed E-state index contributed by atoms with van der Waals surface area (Å²) in [6, 6.07) is 0. The van der Waals surface area contributed by atoms with Crippen molar-refractivity contribution in [3.05, 3.63) is 0 Å². The Labute approximate surface area is 83.8 Å². The van der Waals surface area contributed by atoms with Crippen LogP contribution in [0.4, 0.5) is 0 Å². The van der Waals surface area contributed by atoms with Crippen LogP contribution in [-0.2, 0) is 9.53 Å². The molecule has 0 aromatic rings. The Kier molecular flexibility index (Phi) is 2.49. The lowest BCUT2D eigenvalue weighted by molar-refractivity contribution is -0.140. The van der Waals surface area contributed by atoms with E-state index in [1.165, 1.54) is 0 Å². The predicted octanol–water partition coefficient (Wildman–Crippen LogP) is 0.149. The summed E-state index contributed by atoms with van der Waals surface area (Å²) >= 11 is 0. The first kappa shape index (κ1) is 9.93. The summed E-state index contributed by atoms with van der Waals surface area (Å²) in [5.41, 5.74) is -0.700. The van der Waals surface area contributed by atoms with Gasteiger partial charge in [-0.25, -0.2) is 0 Å². The van der Waals surface area contributed by atoms with E-state index in [0.717, 1.165) is 12.8 Å². The third-order valence-electron chi connectivity index (χ3n) is 2.97. The number of amides is 1. The van der Waals surface area contributed by atoms with Gasteiger partial charge in [0.15, 0.2) is 0 Å². The summed E-state index contributed by atoms with van der Waals surface area (Å²) in [7, 11) is 0.